The minimum atomic E-state index is -0.731. The highest BCUT2D eigenvalue weighted by atomic mass is 16.7. The summed E-state index contributed by atoms with van der Waals surface area (Å²) in [5.74, 6) is 1.36. The third-order valence-electron chi connectivity index (χ3n) is 13.0. The van der Waals surface area contributed by atoms with Crippen molar-refractivity contribution in [2.24, 2.45) is 39.4 Å². The quantitative estimate of drug-likeness (QED) is 0.326. The van der Waals surface area contributed by atoms with Crippen LogP contribution >= 0.6 is 0 Å². The molecule has 1 aromatic carbocycles. The fourth-order valence-corrected chi connectivity index (χ4v) is 10.6. The predicted molar refractivity (Wildman–Crippen MR) is 161 cm³/mol. The molecule has 0 aromatic heterocycles. The molecule has 0 bridgehead atoms. The van der Waals surface area contributed by atoms with Gasteiger partial charge in [0, 0.05) is 41.1 Å². The van der Waals surface area contributed by atoms with Crippen molar-refractivity contribution in [1.29, 1.82) is 0 Å². The maximum absolute atomic E-state index is 13.5. The molecule has 5 nitrogen and oxygen atoms in total. The number of hydrogen-bond acceptors (Lipinski definition) is 5. The lowest BCUT2D eigenvalue weighted by Crippen LogP contribution is -2.60. The van der Waals surface area contributed by atoms with E-state index in [4.69, 9.17) is 18.9 Å². The van der Waals surface area contributed by atoms with Crippen molar-refractivity contribution in [3.8, 4) is 0 Å². The number of rotatable bonds is 1. The summed E-state index contributed by atoms with van der Waals surface area (Å²) in [6.07, 6.45) is 10.5. The molecule has 0 amide bonds. The van der Waals surface area contributed by atoms with Crippen LogP contribution in [0.15, 0.2) is 29.8 Å². The molecule has 2 spiro atoms. The molecule has 5 heteroatoms. The van der Waals surface area contributed by atoms with Crippen LogP contribution in [0.3, 0.4) is 0 Å². The topological polar surface area (TPSA) is 54.0 Å². The lowest BCUT2D eigenvalue weighted by molar-refractivity contribution is -0.311. The predicted octanol–water partition coefficient (Wildman–Crippen LogP) is 7.46. The minimum Gasteiger partial charge on any atom is -0.349 e. The largest absolute Gasteiger partial charge is 0.349 e. The van der Waals surface area contributed by atoms with Crippen molar-refractivity contribution in [1.82, 2.24) is 0 Å². The van der Waals surface area contributed by atoms with Gasteiger partial charge >= 0.3 is 0 Å². The number of hydrogen-bond donors (Lipinski definition) is 0. The van der Waals surface area contributed by atoms with E-state index >= 15 is 0 Å². The molecule has 0 radical (unpaired) electrons. The second-order valence-electron chi connectivity index (χ2n) is 17.2. The van der Waals surface area contributed by atoms with E-state index < -0.39 is 11.6 Å². The minimum absolute atomic E-state index is 0.0230. The molecule has 5 fully saturated rings. The van der Waals surface area contributed by atoms with Gasteiger partial charge < -0.3 is 18.9 Å². The molecule has 3 saturated carbocycles. The highest BCUT2D eigenvalue weighted by Gasteiger charge is 2.66. The molecule has 8 rings (SSSR count). The Labute approximate surface area is 252 Å². The first-order valence-electron chi connectivity index (χ1n) is 16.7. The molecule has 2 unspecified atom stereocenters. The smallest absolute Gasteiger partial charge is 0.191 e. The Morgan fingerprint density at radius 1 is 0.833 bits per heavy atom. The monoisotopic (exact) mass is 574 g/mol. The van der Waals surface area contributed by atoms with E-state index in [1.165, 1.54) is 11.1 Å². The fourth-order valence-electron chi connectivity index (χ4n) is 10.6. The van der Waals surface area contributed by atoms with Crippen molar-refractivity contribution in [3.63, 3.8) is 0 Å². The fraction of sp³-hybridized carbons (Fsp3) is 0.757. The molecule has 5 aliphatic carbocycles. The van der Waals surface area contributed by atoms with Crippen molar-refractivity contribution < 1.29 is 23.7 Å². The zero-order valence-corrected chi connectivity index (χ0v) is 26.6. The van der Waals surface area contributed by atoms with E-state index in [0.29, 0.717) is 42.7 Å². The van der Waals surface area contributed by atoms with Crippen LogP contribution < -0.4 is 0 Å². The second-order valence-corrected chi connectivity index (χ2v) is 17.2. The second kappa shape index (κ2) is 8.80. The highest BCUT2D eigenvalue weighted by Crippen LogP contribution is 2.71. The number of fused-ring (bicyclic) bond motifs is 4. The maximum atomic E-state index is 13.5. The van der Waals surface area contributed by atoms with Crippen molar-refractivity contribution in [2.75, 3.05) is 26.4 Å². The number of carbonyl (C=O) groups is 1. The summed E-state index contributed by atoms with van der Waals surface area (Å²) in [7, 11) is 0. The Morgan fingerprint density at radius 2 is 1.52 bits per heavy atom. The van der Waals surface area contributed by atoms with Gasteiger partial charge in [-0.3, -0.25) is 4.79 Å². The van der Waals surface area contributed by atoms with Crippen molar-refractivity contribution in [3.05, 3.63) is 46.5 Å². The van der Waals surface area contributed by atoms with Crippen LogP contribution in [0.25, 0.3) is 0 Å². The van der Waals surface area contributed by atoms with Gasteiger partial charge in [-0.15, -0.1) is 0 Å². The van der Waals surface area contributed by atoms with E-state index in [2.05, 4.69) is 65.8 Å². The zero-order chi connectivity index (χ0) is 29.3. The van der Waals surface area contributed by atoms with Gasteiger partial charge in [-0.25, -0.2) is 0 Å². The van der Waals surface area contributed by atoms with Gasteiger partial charge in [0.2, 0.25) is 0 Å². The Bertz CT molecular complexity index is 1340. The molecule has 6 atom stereocenters. The average Bonchev–Trinajstić information content (AvgIpc) is 3.26. The van der Waals surface area contributed by atoms with Crippen LogP contribution in [0.2, 0.25) is 0 Å². The molecule has 7 aliphatic rings. The van der Waals surface area contributed by atoms with Gasteiger partial charge in [-0.1, -0.05) is 64.5 Å². The SMILES string of the molecule is CC1(C)COC2(CC[C@@]34Cc5cc(C6(C)OCC(C)(C)CO6)ccc5C5C[C@]6(C)C(=O)CC[C@H]6[C@H](CC=C3C2)C54)OC1. The molecule has 42 heavy (non-hydrogen) atoms. The summed E-state index contributed by atoms with van der Waals surface area (Å²) in [4.78, 5) is 13.5. The van der Waals surface area contributed by atoms with Crippen LogP contribution in [0.5, 0.6) is 0 Å². The number of ether oxygens (including phenoxy) is 4. The van der Waals surface area contributed by atoms with Gasteiger partial charge in [-0.2, -0.15) is 0 Å². The summed E-state index contributed by atoms with van der Waals surface area (Å²) in [5.41, 5.74) is 5.60. The standard InChI is InChI=1S/C37H50O5/c1-32(2)19-39-35(6,40-20-32)24-7-9-26-23(15-24)16-36-13-14-37(41-21-33(3,4)22-42-37)17-25(36)8-10-27-29-11-12-30(38)34(29,5)18-28(26)31(27)36/h7-9,15,27-29,31H,10-14,16-22H2,1-6H3/t27-,28?,29-,31?,34-,36+/m0/s1. The Morgan fingerprint density at radius 3 is 2.24 bits per heavy atom. The normalized spacial score (nSPS) is 42.1. The summed E-state index contributed by atoms with van der Waals surface area (Å²) in [6.45, 7) is 16.1. The first kappa shape index (κ1) is 28.0. The molecule has 228 valence electrons. The van der Waals surface area contributed by atoms with Crippen LogP contribution in [-0.2, 0) is 35.9 Å². The Kier molecular flexibility index (Phi) is 5.86. The first-order valence-corrected chi connectivity index (χ1v) is 16.7. The van der Waals surface area contributed by atoms with Gasteiger partial charge in [0.1, 0.15) is 5.78 Å². The van der Waals surface area contributed by atoms with Crippen molar-refractivity contribution >= 4 is 5.78 Å². The van der Waals surface area contributed by atoms with E-state index in [1.807, 2.05) is 0 Å². The summed E-state index contributed by atoms with van der Waals surface area (Å²) in [6, 6.07) is 7.05. The van der Waals surface area contributed by atoms with Gasteiger partial charge in [-0.05, 0) is 79.2 Å². The number of Topliss-reactive ketones (excluding diaryl/α,β-unsaturated/α-hetero) is 1. The van der Waals surface area contributed by atoms with Crippen molar-refractivity contribution in [2.45, 2.75) is 110 Å². The highest BCUT2D eigenvalue weighted by molar-refractivity contribution is 5.87. The molecule has 2 aliphatic heterocycles. The Balaban J connectivity index is 1.21. The molecule has 2 saturated heterocycles. The zero-order valence-electron chi connectivity index (χ0n) is 26.6. The number of ketones is 1. The number of allylic oxidation sites excluding steroid dienone is 1. The van der Waals surface area contributed by atoms with E-state index in [1.54, 1.807) is 5.57 Å². The van der Waals surface area contributed by atoms with E-state index in [0.717, 1.165) is 70.1 Å². The molecular formula is C37H50O5. The summed E-state index contributed by atoms with van der Waals surface area (Å²) in [5, 5.41) is 0. The van der Waals surface area contributed by atoms with Gasteiger partial charge in [0.05, 0.1) is 26.4 Å². The van der Waals surface area contributed by atoms with Crippen LogP contribution in [0.1, 0.15) is 109 Å². The summed E-state index contributed by atoms with van der Waals surface area (Å²) < 4.78 is 26.0. The van der Waals surface area contributed by atoms with Gasteiger partial charge in [0.25, 0.3) is 0 Å². The van der Waals surface area contributed by atoms with Crippen LogP contribution in [0.4, 0.5) is 0 Å². The van der Waals surface area contributed by atoms with Crippen LogP contribution in [-0.4, -0.2) is 38.0 Å². The first-order chi connectivity index (χ1) is 19.8. The number of carbonyl (C=O) groups excluding carboxylic acids is 1. The maximum Gasteiger partial charge on any atom is 0.191 e. The molecule has 2 heterocycles. The van der Waals surface area contributed by atoms with E-state index in [-0.39, 0.29) is 21.7 Å². The third kappa shape index (κ3) is 3.91. The lowest BCUT2D eigenvalue weighted by Gasteiger charge is -2.64. The Hall–Kier alpha value is -1.53. The van der Waals surface area contributed by atoms with Crippen LogP contribution in [0, 0.1) is 39.4 Å². The average molecular weight is 575 g/mol. The van der Waals surface area contributed by atoms with E-state index in [9.17, 15) is 4.79 Å². The number of benzene rings is 1. The molecule has 0 N–H and O–H groups in total. The summed E-state index contributed by atoms with van der Waals surface area (Å²) >= 11 is 0. The van der Waals surface area contributed by atoms with Gasteiger partial charge in [0.15, 0.2) is 11.6 Å². The lowest BCUT2D eigenvalue weighted by atomic mass is 9.40. The molecular weight excluding hydrogens is 524 g/mol. The molecule has 1 aromatic rings. The third-order valence-corrected chi connectivity index (χ3v) is 13.0.